The highest BCUT2D eigenvalue weighted by Gasteiger charge is 2.25. The first-order valence-electron chi connectivity index (χ1n) is 8.92. The number of hydrogen-bond donors (Lipinski definition) is 1. The number of nitrogens with zero attached hydrogens (tertiary/aromatic N) is 1. The first-order valence-corrected chi connectivity index (χ1v) is 8.92. The van der Waals surface area contributed by atoms with Crippen molar-refractivity contribution in [1.82, 2.24) is 5.32 Å². The Kier molecular flexibility index (Phi) is 5.59. The van der Waals surface area contributed by atoms with Gasteiger partial charge in [0.15, 0.2) is 0 Å². The van der Waals surface area contributed by atoms with Crippen LogP contribution in [0.3, 0.4) is 0 Å². The third-order valence-corrected chi connectivity index (χ3v) is 4.84. The van der Waals surface area contributed by atoms with Crippen molar-refractivity contribution >= 4 is 11.6 Å². The molecule has 0 bridgehead atoms. The van der Waals surface area contributed by atoms with Gasteiger partial charge in [0.1, 0.15) is 5.75 Å². The van der Waals surface area contributed by atoms with Crippen molar-refractivity contribution in [2.45, 2.75) is 32.2 Å². The van der Waals surface area contributed by atoms with Crippen molar-refractivity contribution < 1.29 is 9.53 Å². The van der Waals surface area contributed by atoms with Crippen molar-refractivity contribution in [1.29, 1.82) is 0 Å². The molecule has 1 atom stereocenters. The standard InChI is InChI=1S/C21H26N2O2/c1-16-15-18-8-3-5-9-19(18)23(16)14-12-21(24)22-13-11-17-7-4-6-10-20(17)25-2/h3-10,16H,11-15H2,1-2H3,(H,22,24). The maximum atomic E-state index is 12.2. The lowest BCUT2D eigenvalue weighted by atomic mass is 10.1. The number of amides is 1. The normalized spacial score (nSPS) is 15.8. The molecular formula is C21H26N2O2. The molecule has 1 N–H and O–H groups in total. The molecule has 0 aliphatic carbocycles. The summed E-state index contributed by atoms with van der Waals surface area (Å²) < 4.78 is 5.34. The minimum atomic E-state index is 0.103. The summed E-state index contributed by atoms with van der Waals surface area (Å²) in [4.78, 5) is 14.5. The number of para-hydroxylation sites is 2. The summed E-state index contributed by atoms with van der Waals surface area (Å²) in [5, 5.41) is 3.02. The molecule has 0 spiro atoms. The van der Waals surface area contributed by atoms with Crippen LogP contribution >= 0.6 is 0 Å². The number of carbonyl (C=O) groups is 1. The molecule has 4 nitrogen and oxygen atoms in total. The molecule has 1 heterocycles. The number of nitrogens with one attached hydrogen (secondary N) is 1. The second-order valence-corrected chi connectivity index (χ2v) is 6.54. The summed E-state index contributed by atoms with van der Waals surface area (Å²) in [6.07, 6.45) is 2.36. The van der Waals surface area contributed by atoms with E-state index in [-0.39, 0.29) is 5.91 Å². The average molecular weight is 338 g/mol. The lowest BCUT2D eigenvalue weighted by molar-refractivity contribution is -0.120. The molecular weight excluding hydrogens is 312 g/mol. The molecule has 0 saturated heterocycles. The number of anilines is 1. The smallest absolute Gasteiger partial charge is 0.221 e. The van der Waals surface area contributed by atoms with Crippen LogP contribution in [-0.4, -0.2) is 32.1 Å². The molecule has 1 aliphatic heterocycles. The van der Waals surface area contributed by atoms with E-state index < -0.39 is 0 Å². The topological polar surface area (TPSA) is 41.6 Å². The average Bonchev–Trinajstić information content (AvgIpc) is 2.95. The summed E-state index contributed by atoms with van der Waals surface area (Å²) in [5.41, 5.74) is 3.77. The number of carbonyl (C=O) groups excluding carboxylic acids is 1. The monoisotopic (exact) mass is 338 g/mol. The van der Waals surface area contributed by atoms with Crippen LogP contribution in [0.15, 0.2) is 48.5 Å². The summed E-state index contributed by atoms with van der Waals surface area (Å²) in [6.45, 7) is 3.61. The molecule has 4 heteroatoms. The van der Waals surface area contributed by atoms with Gasteiger partial charge >= 0.3 is 0 Å². The van der Waals surface area contributed by atoms with E-state index in [0.29, 0.717) is 19.0 Å². The minimum Gasteiger partial charge on any atom is -0.496 e. The van der Waals surface area contributed by atoms with Gasteiger partial charge in [-0.2, -0.15) is 0 Å². The van der Waals surface area contributed by atoms with E-state index in [2.05, 4.69) is 41.4 Å². The van der Waals surface area contributed by atoms with Crippen LogP contribution in [0.2, 0.25) is 0 Å². The van der Waals surface area contributed by atoms with Crippen LogP contribution in [0.4, 0.5) is 5.69 Å². The van der Waals surface area contributed by atoms with Gasteiger partial charge in [0.05, 0.1) is 7.11 Å². The van der Waals surface area contributed by atoms with E-state index in [1.165, 1.54) is 11.3 Å². The van der Waals surface area contributed by atoms with E-state index in [9.17, 15) is 4.79 Å². The number of benzene rings is 2. The van der Waals surface area contributed by atoms with Gasteiger partial charge < -0.3 is 15.0 Å². The van der Waals surface area contributed by atoms with Crippen LogP contribution in [0.25, 0.3) is 0 Å². The largest absolute Gasteiger partial charge is 0.496 e. The summed E-state index contributed by atoms with van der Waals surface area (Å²) in [6, 6.07) is 16.9. The number of methoxy groups -OCH3 is 1. The second-order valence-electron chi connectivity index (χ2n) is 6.54. The van der Waals surface area contributed by atoms with E-state index in [4.69, 9.17) is 4.74 Å². The minimum absolute atomic E-state index is 0.103. The third kappa shape index (κ3) is 4.13. The number of fused-ring (bicyclic) bond motifs is 1. The molecule has 0 radical (unpaired) electrons. The van der Waals surface area contributed by atoms with E-state index in [1.807, 2.05) is 24.3 Å². The molecule has 132 valence electrons. The molecule has 1 unspecified atom stereocenters. The van der Waals surface area contributed by atoms with Crippen LogP contribution in [0, 0.1) is 0 Å². The Morgan fingerprint density at radius 2 is 1.96 bits per heavy atom. The zero-order chi connectivity index (χ0) is 17.6. The highest BCUT2D eigenvalue weighted by atomic mass is 16.5. The Morgan fingerprint density at radius 3 is 2.80 bits per heavy atom. The molecule has 0 aromatic heterocycles. The fourth-order valence-corrected chi connectivity index (χ4v) is 3.53. The van der Waals surface area contributed by atoms with Gasteiger partial charge in [-0.05, 0) is 43.0 Å². The SMILES string of the molecule is COc1ccccc1CCNC(=O)CCN1c2ccccc2CC1C. The van der Waals surface area contributed by atoms with Crippen LogP contribution in [0.1, 0.15) is 24.5 Å². The number of rotatable bonds is 7. The molecule has 1 amide bonds. The summed E-state index contributed by atoms with van der Waals surface area (Å²) in [5.74, 6) is 0.978. The molecule has 3 rings (SSSR count). The van der Waals surface area contributed by atoms with Gasteiger partial charge in [0.2, 0.25) is 5.91 Å². The lowest BCUT2D eigenvalue weighted by Crippen LogP contribution is -2.34. The van der Waals surface area contributed by atoms with Crippen LogP contribution in [0.5, 0.6) is 5.75 Å². The van der Waals surface area contributed by atoms with Crippen LogP contribution < -0.4 is 15.0 Å². The van der Waals surface area contributed by atoms with Gasteiger partial charge in [-0.1, -0.05) is 36.4 Å². The Morgan fingerprint density at radius 1 is 1.20 bits per heavy atom. The fraction of sp³-hybridized carbons (Fsp3) is 0.381. The predicted octanol–water partition coefficient (Wildman–Crippen LogP) is 3.20. The van der Waals surface area contributed by atoms with Gasteiger partial charge in [-0.25, -0.2) is 0 Å². The first kappa shape index (κ1) is 17.3. The Hall–Kier alpha value is -2.49. The number of hydrogen-bond acceptors (Lipinski definition) is 3. The fourth-order valence-electron chi connectivity index (χ4n) is 3.53. The predicted molar refractivity (Wildman–Crippen MR) is 101 cm³/mol. The van der Waals surface area contributed by atoms with E-state index >= 15 is 0 Å². The molecule has 0 saturated carbocycles. The zero-order valence-electron chi connectivity index (χ0n) is 15.0. The van der Waals surface area contributed by atoms with E-state index in [0.717, 1.165) is 30.7 Å². The molecule has 0 fully saturated rings. The quantitative estimate of drug-likeness (QED) is 0.843. The van der Waals surface area contributed by atoms with E-state index in [1.54, 1.807) is 7.11 Å². The molecule has 1 aliphatic rings. The van der Waals surface area contributed by atoms with Crippen LogP contribution in [-0.2, 0) is 17.6 Å². The first-order chi connectivity index (χ1) is 12.2. The zero-order valence-corrected chi connectivity index (χ0v) is 15.0. The number of ether oxygens (including phenoxy) is 1. The molecule has 2 aromatic rings. The van der Waals surface area contributed by atoms with Crippen molar-refractivity contribution in [3.8, 4) is 5.75 Å². The van der Waals surface area contributed by atoms with Crippen molar-refractivity contribution in [3.05, 3.63) is 59.7 Å². The third-order valence-electron chi connectivity index (χ3n) is 4.84. The lowest BCUT2D eigenvalue weighted by Gasteiger charge is -2.24. The molecule has 25 heavy (non-hydrogen) atoms. The highest BCUT2D eigenvalue weighted by Crippen LogP contribution is 2.31. The van der Waals surface area contributed by atoms with Crippen molar-refractivity contribution in [3.63, 3.8) is 0 Å². The molecule has 2 aromatic carbocycles. The Labute approximate surface area is 149 Å². The van der Waals surface area contributed by atoms with Crippen molar-refractivity contribution in [2.24, 2.45) is 0 Å². The maximum absolute atomic E-state index is 12.2. The Bertz CT molecular complexity index is 729. The Balaban J connectivity index is 1.46. The highest BCUT2D eigenvalue weighted by molar-refractivity contribution is 5.76. The van der Waals surface area contributed by atoms with Gasteiger partial charge in [0, 0.05) is 31.2 Å². The van der Waals surface area contributed by atoms with Gasteiger partial charge in [0.25, 0.3) is 0 Å². The summed E-state index contributed by atoms with van der Waals surface area (Å²) in [7, 11) is 1.67. The summed E-state index contributed by atoms with van der Waals surface area (Å²) >= 11 is 0. The van der Waals surface area contributed by atoms with Crippen molar-refractivity contribution in [2.75, 3.05) is 25.1 Å². The van der Waals surface area contributed by atoms with Gasteiger partial charge in [-0.15, -0.1) is 0 Å². The van der Waals surface area contributed by atoms with Gasteiger partial charge in [-0.3, -0.25) is 4.79 Å². The second kappa shape index (κ2) is 8.06. The maximum Gasteiger partial charge on any atom is 0.221 e.